The van der Waals surface area contributed by atoms with E-state index in [1.165, 1.54) is 19.3 Å². The molecule has 0 radical (unpaired) electrons. The van der Waals surface area contributed by atoms with Crippen LogP contribution in [0.5, 0.6) is 0 Å². The van der Waals surface area contributed by atoms with Crippen molar-refractivity contribution in [3.63, 3.8) is 0 Å². The Morgan fingerprint density at radius 1 is 1.27 bits per heavy atom. The van der Waals surface area contributed by atoms with Crippen molar-refractivity contribution < 1.29 is 13.9 Å². The van der Waals surface area contributed by atoms with Crippen molar-refractivity contribution in [3.8, 4) is 0 Å². The Morgan fingerprint density at radius 2 is 2.00 bits per heavy atom. The molecule has 0 saturated heterocycles. The lowest BCUT2D eigenvalue weighted by atomic mass is 9.98. The summed E-state index contributed by atoms with van der Waals surface area (Å²) >= 11 is 0. The number of alkyl halides is 1. The third-order valence-corrected chi connectivity index (χ3v) is 4.53. The topological polar surface area (TPSA) is 26.3 Å². The van der Waals surface area contributed by atoms with E-state index in [0.717, 1.165) is 24.8 Å². The first-order valence-electron chi connectivity index (χ1n) is 8.56. The fraction of sp³-hybridized carbons (Fsp3) is 0.632. The average molecular weight is 306 g/mol. The number of hydrogen-bond donors (Lipinski definition) is 0. The highest BCUT2D eigenvalue weighted by Gasteiger charge is 2.47. The van der Waals surface area contributed by atoms with E-state index < -0.39 is 11.6 Å². The van der Waals surface area contributed by atoms with Gasteiger partial charge in [-0.1, -0.05) is 56.9 Å². The third kappa shape index (κ3) is 3.88. The molecule has 122 valence electrons. The number of aryl methyl sites for hydroxylation is 1. The summed E-state index contributed by atoms with van der Waals surface area (Å²) in [6, 6.07) is 7.26. The second-order valence-electron chi connectivity index (χ2n) is 6.38. The molecule has 1 unspecified atom stereocenters. The zero-order chi connectivity index (χ0) is 16.0. The molecule has 1 aliphatic rings. The average Bonchev–Trinajstić information content (AvgIpc) is 2.86. The van der Waals surface area contributed by atoms with Crippen molar-refractivity contribution in [2.45, 2.75) is 77.0 Å². The predicted molar refractivity (Wildman–Crippen MR) is 86.5 cm³/mol. The van der Waals surface area contributed by atoms with Crippen molar-refractivity contribution in [2.24, 2.45) is 0 Å². The summed E-state index contributed by atoms with van der Waals surface area (Å²) in [4.78, 5) is 12.3. The van der Waals surface area contributed by atoms with E-state index in [2.05, 4.69) is 6.92 Å². The van der Waals surface area contributed by atoms with Crippen molar-refractivity contribution in [2.75, 3.05) is 0 Å². The van der Waals surface area contributed by atoms with Gasteiger partial charge >= 0.3 is 5.97 Å². The minimum Gasteiger partial charge on any atom is -0.460 e. The first kappa shape index (κ1) is 17.0. The molecular formula is C19H27FO2. The Hall–Kier alpha value is -1.38. The Bertz CT molecular complexity index is 500. The molecule has 0 aromatic heterocycles. The molecule has 22 heavy (non-hydrogen) atoms. The number of rotatable bonds is 8. The van der Waals surface area contributed by atoms with Gasteiger partial charge in [0, 0.05) is 12.0 Å². The maximum absolute atomic E-state index is 15.1. The molecule has 3 heteroatoms. The third-order valence-electron chi connectivity index (χ3n) is 4.53. The number of ether oxygens (including phenoxy) is 1. The van der Waals surface area contributed by atoms with E-state index in [1.54, 1.807) is 12.1 Å². The summed E-state index contributed by atoms with van der Waals surface area (Å²) in [6.07, 6.45) is 7.28. The van der Waals surface area contributed by atoms with Crippen LogP contribution in [0.4, 0.5) is 4.39 Å². The zero-order valence-corrected chi connectivity index (χ0v) is 13.7. The maximum atomic E-state index is 15.1. The lowest BCUT2D eigenvalue weighted by molar-refractivity contribution is -0.163. The van der Waals surface area contributed by atoms with Crippen LogP contribution in [-0.4, -0.2) is 12.1 Å². The first-order valence-corrected chi connectivity index (χ1v) is 8.56. The molecule has 0 bridgehead atoms. The van der Waals surface area contributed by atoms with Gasteiger partial charge in [-0.05, 0) is 31.7 Å². The highest BCUT2D eigenvalue weighted by molar-refractivity contribution is 5.83. The Balaban J connectivity index is 1.84. The van der Waals surface area contributed by atoms with E-state index in [1.807, 2.05) is 19.1 Å². The van der Waals surface area contributed by atoms with Crippen LogP contribution in [0.25, 0.3) is 0 Å². The first-order chi connectivity index (χ1) is 10.6. The fourth-order valence-electron chi connectivity index (χ4n) is 3.15. The van der Waals surface area contributed by atoms with Crippen molar-refractivity contribution in [3.05, 3.63) is 35.4 Å². The van der Waals surface area contributed by atoms with Crippen LogP contribution >= 0.6 is 0 Å². The van der Waals surface area contributed by atoms with Gasteiger partial charge in [0.25, 0.3) is 0 Å². The molecule has 0 N–H and O–H groups in total. The second kappa shape index (κ2) is 7.75. The molecular weight excluding hydrogens is 279 g/mol. The van der Waals surface area contributed by atoms with E-state index in [-0.39, 0.29) is 12.5 Å². The predicted octanol–water partition coefficient (Wildman–Crippen LogP) is 5.09. The minimum absolute atomic E-state index is 0.203. The summed E-state index contributed by atoms with van der Waals surface area (Å²) < 4.78 is 20.5. The van der Waals surface area contributed by atoms with Crippen LogP contribution in [-0.2, 0) is 21.6 Å². The van der Waals surface area contributed by atoms with Crippen LogP contribution in [0, 0.1) is 0 Å². The molecule has 1 aromatic rings. The lowest BCUT2D eigenvalue weighted by Crippen LogP contribution is -2.33. The van der Waals surface area contributed by atoms with E-state index in [0.29, 0.717) is 12.0 Å². The highest BCUT2D eigenvalue weighted by atomic mass is 19.1. The summed E-state index contributed by atoms with van der Waals surface area (Å²) in [5.74, 6) is -0.710. The SMILES string of the molecule is CCCCCCC[C@H](C)OC(=O)C1(F)CCc2ccccc21. The van der Waals surface area contributed by atoms with Crippen LogP contribution in [0.2, 0.25) is 0 Å². The second-order valence-corrected chi connectivity index (χ2v) is 6.38. The standard InChI is InChI=1S/C19H27FO2/c1-3-4-5-6-7-10-15(2)22-18(21)19(20)14-13-16-11-8-9-12-17(16)19/h8-9,11-12,15H,3-7,10,13-14H2,1-2H3/t15-,19?/m0/s1. The van der Waals surface area contributed by atoms with Gasteiger partial charge in [-0.15, -0.1) is 0 Å². The molecule has 0 fully saturated rings. The summed E-state index contributed by atoms with van der Waals surface area (Å²) in [5.41, 5.74) is -0.531. The van der Waals surface area contributed by atoms with Gasteiger partial charge in [0.1, 0.15) is 0 Å². The summed E-state index contributed by atoms with van der Waals surface area (Å²) in [6.45, 7) is 4.05. The molecule has 0 amide bonds. The van der Waals surface area contributed by atoms with Gasteiger partial charge in [-0.2, -0.15) is 0 Å². The molecule has 2 nitrogen and oxygen atoms in total. The number of benzene rings is 1. The van der Waals surface area contributed by atoms with Gasteiger partial charge in [0.05, 0.1) is 6.10 Å². The molecule has 0 spiro atoms. The Morgan fingerprint density at radius 3 is 2.77 bits per heavy atom. The van der Waals surface area contributed by atoms with Gasteiger partial charge in [0.2, 0.25) is 5.67 Å². The number of hydrogen-bond acceptors (Lipinski definition) is 2. The van der Waals surface area contributed by atoms with Crippen molar-refractivity contribution >= 4 is 5.97 Å². The number of esters is 1. The van der Waals surface area contributed by atoms with Gasteiger partial charge in [0.15, 0.2) is 0 Å². The van der Waals surface area contributed by atoms with Crippen LogP contribution < -0.4 is 0 Å². The van der Waals surface area contributed by atoms with Gasteiger partial charge in [-0.25, -0.2) is 9.18 Å². The molecule has 0 saturated carbocycles. The Kier molecular flexibility index (Phi) is 5.98. The smallest absolute Gasteiger partial charge is 0.348 e. The van der Waals surface area contributed by atoms with Crippen LogP contribution in [0.3, 0.4) is 0 Å². The summed E-state index contributed by atoms with van der Waals surface area (Å²) in [5, 5.41) is 0. The van der Waals surface area contributed by atoms with Crippen LogP contribution in [0.1, 0.15) is 69.9 Å². The fourth-order valence-corrected chi connectivity index (χ4v) is 3.15. The Labute approximate surface area is 133 Å². The van der Waals surface area contributed by atoms with E-state index >= 15 is 4.39 Å². The van der Waals surface area contributed by atoms with Gasteiger partial charge < -0.3 is 4.74 Å². The van der Waals surface area contributed by atoms with Crippen molar-refractivity contribution in [1.29, 1.82) is 0 Å². The molecule has 1 aliphatic carbocycles. The number of halogens is 1. The van der Waals surface area contributed by atoms with E-state index in [4.69, 9.17) is 4.74 Å². The van der Waals surface area contributed by atoms with Gasteiger partial charge in [-0.3, -0.25) is 0 Å². The van der Waals surface area contributed by atoms with Crippen LogP contribution in [0.15, 0.2) is 24.3 Å². The summed E-state index contributed by atoms with van der Waals surface area (Å²) in [7, 11) is 0. The largest absolute Gasteiger partial charge is 0.460 e. The molecule has 2 atom stereocenters. The molecule has 1 aromatic carbocycles. The quantitative estimate of drug-likeness (QED) is 0.494. The maximum Gasteiger partial charge on any atom is 0.348 e. The molecule has 0 heterocycles. The molecule has 0 aliphatic heterocycles. The zero-order valence-electron chi connectivity index (χ0n) is 13.7. The number of unbranched alkanes of at least 4 members (excludes halogenated alkanes) is 4. The van der Waals surface area contributed by atoms with Crippen molar-refractivity contribution in [1.82, 2.24) is 0 Å². The monoisotopic (exact) mass is 306 g/mol. The van der Waals surface area contributed by atoms with E-state index in [9.17, 15) is 4.79 Å². The highest BCUT2D eigenvalue weighted by Crippen LogP contribution is 2.41. The molecule has 2 rings (SSSR count). The number of carbonyl (C=O) groups excluding carboxylic acids is 1. The normalized spacial score (nSPS) is 21.4. The number of carbonyl (C=O) groups is 1. The minimum atomic E-state index is -1.95. The number of fused-ring (bicyclic) bond motifs is 1. The lowest BCUT2D eigenvalue weighted by Gasteiger charge is -2.22.